The van der Waals surface area contributed by atoms with E-state index in [0.717, 1.165) is 18.9 Å². The van der Waals surface area contributed by atoms with Gasteiger partial charge < -0.3 is 9.88 Å². The number of hydrogen-bond donors (Lipinski definition) is 1. The first-order valence-electron chi connectivity index (χ1n) is 6.44. The highest BCUT2D eigenvalue weighted by atomic mass is 15.1. The molecule has 0 aliphatic carbocycles. The second-order valence-electron chi connectivity index (χ2n) is 5.00. The number of aryl methyl sites for hydroxylation is 1. The lowest BCUT2D eigenvalue weighted by Gasteiger charge is -2.11. The van der Waals surface area contributed by atoms with Crippen molar-refractivity contribution in [2.45, 2.75) is 39.9 Å². The molecule has 0 radical (unpaired) electrons. The maximum absolute atomic E-state index is 4.41. The van der Waals surface area contributed by atoms with Gasteiger partial charge in [0.1, 0.15) is 5.82 Å². The second kappa shape index (κ2) is 5.83. The van der Waals surface area contributed by atoms with Crippen molar-refractivity contribution in [2.75, 3.05) is 0 Å². The number of hydrogen-bond acceptors (Lipinski definition) is 2. The van der Waals surface area contributed by atoms with Gasteiger partial charge in [0.15, 0.2) is 0 Å². The minimum Gasteiger partial charge on any atom is -0.329 e. The van der Waals surface area contributed by atoms with Crippen molar-refractivity contribution < 1.29 is 0 Å². The van der Waals surface area contributed by atoms with Crippen molar-refractivity contribution in [1.29, 1.82) is 0 Å². The van der Waals surface area contributed by atoms with Crippen LogP contribution in [0.3, 0.4) is 0 Å². The lowest BCUT2D eigenvalue weighted by atomic mass is 10.1. The van der Waals surface area contributed by atoms with Crippen LogP contribution in [0.1, 0.15) is 30.8 Å². The van der Waals surface area contributed by atoms with E-state index in [1.165, 1.54) is 11.1 Å². The summed E-state index contributed by atoms with van der Waals surface area (Å²) >= 11 is 0. The molecule has 0 unspecified atom stereocenters. The van der Waals surface area contributed by atoms with Crippen molar-refractivity contribution in [2.24, 2.45) is 0 Å². The molecule has 0 amide bonds. The van der Waals surface area contributed by atoms with Crippen molar-refractivity contribution in [3.63, 3.8) is 0 Å². The van der Waals surface area contributed by atoms with E-state index in [-0.39, 0.29) is 0 Å². The molecule has 3 heteroatoms. The molecule has 0 aliphatic rings. The standard InChI is InChI=1S/C15H21N3/c1-12(2)17-10-15-16-7-8-18(15)11-14-6-4-5-13(3)9-14/h4-9,12,17H,10-11H2,1-3H3. The Morgan fingerprint density at radius 3 is 2.89 bits per heavy atom. The van der Waals surface area contributed by atoms with Crippen molar-refractivity contribution in [1.82, 2.24) is 14.9 Å². The van der Waals surface area contributed by atoms with Crippen LogP contribution in [-0.2, 0) is 13.1 Å². The van der Waals surface area contributed by atoms with Gasteiger partial charge in [0.25, 0.3) is 0 Å². The van der Waals surface area contributed by atoms with E-state index in [0.29, 0.717) is 6.04 Å². The summed E-state index contributed by atoms with van der Waals surface area (Å²) in [6.07, 6.45) is 3.91. The van der Waals surface area contributed by atoms with E-state index in [9.17, 15) is 0 Å². The Morgan fingerprint density at radius 2 is 2.17 bits per heavy atom. The largest absolute Gasteiger partial charge is 0.329 e. The van der Waals surface area contributed by atoms with Gasteiger partial charge in [-0.3, -0.25) is 0 Å². The number of nitrogens with zero attached hydrogens (tertiary/aromatic N) is 2. The van der Waals surface area contributed by atoms with Gasteiger partial charge in [-0.1, -0.05) is 43.7 Å². The predicted octanol–water partition coefficient (Wildman–Crippen LogP) is 2.74. The Bertz CT molecular complexity index is 500. The lowest BCUT2D eigenvalue weighted by molar-refractivity contribution is 0.554. The molecule has 0 saturated carbocycles. The van der Waals surface area contributed by atoms with Gasteiger partial charge in [-0.05, 0) is 12.5 Å². The third kappa shape index (κ3) is 3.44. The summed E-state index contributed by atoms with van der Waals surface area (Å²) in [6, 6.07) is 9.09. The zero-order valence-electron chi connectivity index (χ0n) is 11.4. The lowest BCUT2D eigenvalue weighted by Crippen LogP contribution is -2.24. The number of imidazole rings is 1. The highest BCUT2D eigenvalue weighted by molar-refractivity contribution is 5.22. The Hall–Kier alpha value is -1.61. The molecule has 1 heterocycles. The maximum atomic E-state index is 4.41. The molecule has 18 heavy (non-hydrogen) atoms. The quantitative estimate of drug-likeness (QED) is 0.875. The Balaban J connectivity index is 2.07. The van der Waals surface area contributed by atoms with Crippen LogP contribution in [0.15, 0.2) is 36.7 Å². The van der Waals surface area contributed by atoms with Crippen LogP contribution in [-0.4, -0.2) is 15.6 Å². The first-order valence-corrected chi connectivity index (χ1v) is 6.44. The predicted molar refractivity (Wildman–Crippen MR) is 74.5 cm³/mol. The molecular formula is C15H21N3. The van der Waals surface area contributed by atoms with E-state index in [4.69, 9.17) is 0 Å². The third-order valence-electron chi connectivity index (χ3n) is 2.91. The summed E-state index contributed by atoms with van der Waals surface area (Å²) in [7, 11) is 0. The molecule has 96 valence electrons. The number of aromatic nitrogens is 2. The summed E-state index contributed by atoms with van der Waals surface area (Å²) in [6.45, 7) is 8.12. The van der Waals surface area contributed by atoms with Crippen LogP contribution in [0.2, 0.25) is 0 Å². The van der Waals surface area contributed by atoms with Gasteiger partial charge in [0, 0.05) is 25.0 Å². The van der Waals surface area contributed by atoms with Crippen LogP contribution in [0.4, 0.5) is 0 Å². The molecule has 0 fully saturated rings. The third-order valence-corrected chi connectivity index (χ3v) is 2.91. The summed E-state index contributed by atoms with van der Waals surface area (Å²) in [5, 5.41) is 3.40. The molecule has 1 N–H and O–H groups in total. The first-order chi connectivity index (χ1) is 8.65. The molecule has 1 aromatic carbocycles. The molecule has 3 nitrogen and oxygen atoms in total. The monoisotopic (exact) mass is 243 g/mol. The Kier molecular flexibility index (Phi) is 4.15. The van der Waals surface area contributed by atoms with Crippen molar-refractivity contribution in [3.8, 4) is 0 Å². The van der Waals surface area contributed by atoms with E-state index in [2.05, 4.69) is 59.9 Å². The topological polar surface area (TPSA) is 29.9 Å². The van der Waals surface area contributed by atoms with Gasteiger partial charge >= 0.3 is 0 Å². The first kappa shape index (κ1) is 12.8. The van der Waals surface area contributed by atoms with Gasteiger partial charge in [0.05, 0.1) is 6.54 Å². The van der Waals surface area contributed by atoms with Gasteiger partial charge in [-0.15, -0.1) is 0 Å². The van der Waals surface area contributed by atoms with Crippen molar-refractivity contribution in [3.05, 3.63) is 53.6 Å². The second-order valence-corrected chi connectivity index (χ2v) is 5.00. The fraction of sp³-hybridized carbons (Fsp3) is 0.400. The average molecular weight is 243 g/mol. The Morgan fingerprint density at radius 1 is 1.33 bits per heavy atom. The molecule has 0 saturated heterocycles. The Labute approximate surface area is 109 Å². The van der Waals surface area contributed by atoms with Gasteiger partial charge in [-0.25, -0.2) is 4.98 Å². The smallest absolute Gasteiger partial charge is 0.122 e. The van der Waals surface area contributed by atoms with E-state index in [1.54, 1.807) is 0 Å². The zero-order valence-corrected chi connectivity index (χ0v) is 11.4. The van der Waals surface area contributed by atoms with E-state index < -0.39 is 0 Å². The van der Waals surface area contributed by atoms with Crippen molar-refractivity contribution >= 4 is 0 Å². The summed E-state index contributed by atoms with van der Waals surface area (Å²) in [4.78, 5) is 4.41. The molecule has 1 aromatic heterocycles. The normalized spacial score (nSPS) is 11.1. The summed E-state index contributed by atoms with van der Waals surface area (Å²) < 4.78 is 2.20. The highest BCUT2D eigenvalue weighted by Gasteiger charge is 2.04. The van der Waals surface area contributed by atoms with Gasteiger partial charge in [-0.2, -0.15) is 0 Å². The number of nitrogens with one attached hydrogen (secondary N) is 1. The molecule has 0 spiro atoms. The molecule has 2 aromatic rings. The molecule has 0 atom stereocenters. The highest BCUT2D eigenvalue weighted by Crippen LogP contribution is 2.08. The zero-order chi connectivity index (χ0) is 13.0. The molecule has 0 bridgehead atoms. The van der Waals surface area contributed by atoms with Crippen LogP contribution >= 0.6 is 0 Å². The summed E-state index contributed by atoms with van der Waals surface area (Å²) in [5.41, 5.74) is 2.62. The average Bonchev–Trinajstić information content (AvgIpc) is 2.74. The molecule has 2 rings (SSSR count). The van der Waals surface area contributed by atoms with Gasteiger partial charge in [0.2, 0.25) is 0 Å². The fourth-order valence-corrected chi connectivity index (χ4v) is 1.95. The van der Waals surface area contributed by atoms with Crippen LogP contribution in [0, 0.1) is 6.92 Å². The van der Waals surface area contributed by atoms with E-state index >= 15 is 0 Å². The van der Waals surface area contributed by atoms with Crippen LogP contribution in [0.5, 0.6) is 0 Å². The SMILES string of the molecule is Cc1cccc(Cn2ccnc2CNC(C)C)c1. The fourth-order valence-electron chi connectivity index (χ4n) is 1.95. The van der Waals surface area contributed by atoms with E-state index in [1.807, 2.05) is 12.4 Å². The minimum absolute atomic E-state index is 0.481. The molecule has 0 aliphatic heterocycles. The molecular weight excluding hydrogens is 222 g/mol. The summed E-state index contributed by atoms with van der Waals surface area (Å²) in [5.74, 6) is 1.09. The number of benzene rings is 1. The van der Waals surface area contributed by atoms with Crippen LogP contribution in [0.25, 0.3) is 0 Å². The van der Waals surface area contributed by atoms with Crippen LogP contribution < -0.4 is 5.32 Å². The maximum Gasteiger partial charge on any atom is 0.122 e. The number of rotatable bonds is 5. The minimum atomic E-state index is 0.481.